The molecule has 0 saturated carbocycles. The summed E-state index contributed by atoms with van der Waals surface area (Å²) in [7, 11) is 0. The summed E-state index contributed by atoms with van der Waals surface area (Å²) in [5, 5.41) is 9.89. The van der Waals surface area contributed by atoms with Crippen molar-refractivity contribution in [2.24, 2.45) is 5.73 Å². The zero-order chi connectivity index (χ0) is 22.2. The Bertz CT molecular complexity index is 1280. The summed E-state index contributed by atoms with van der Waals surface area (Å²) in [5.74, 6) is 1.34. The number of nitrogens with two attached hydrogens (primary N) is 1. The van der Waals surface area contributed by atoms with Gasteiger partial charge in [0, 0.05) is 21.7 Å². The SMILES string of the molecule is N#CC1=C(N)Oc2cc3c(cc2[C@H]1c1cc(Br)ccc1OCc1ccc(F)cc1)OCO3. The van der Waals surface area contributed by atoms with E-state index in [1.54, 1.807) is 24.3 Å². The van der Waals surface area contributed by atoms with Crippen molar-refractivity contribution in [3.8, 4) is 29.1 Å². The van der Waals surface area contributed by atoms with Gasteiger partial charge in [0.15, 0.2) is 11.5 Å². The number of allylic oxidation sites excluding steroid dienone is 1. The van der Waals surface area contributed by atoms with Gasteiger partial charge in [-0.15, -0.1) is 0 Å². The van der Waals surface area contributed by atoms with E-state index in [0.29, 0.717) is 28.6 Å². The van der Waals surface area contributed by atoms with Crippen molar-refractivity contribution in [2.45, 2.75) is 12.5 Å². The summed E-state index contributed by atoms with van der Waals surface area (Å²) in [4.78, 5) is 0. The van der Waals surface area contributed by atoms with Crippen LogP contribution in [0.1, 0.15) is 22.6 Å². The fourth-order valence-corrected chi connectivity index (χ4v) is 4.16. The summed E-state index contributed by atoms with van der Waals surface area (Å²) < 4.78 is 36.9. The summed E-state index contributed by atoms with van der Waals surface area (Å²) >= 11 is 3.51. The molecule has 2 aliphatic heterocycles. The van der Waals surface area contributed by atoms with Crippen molar-refractivity contribution in [1.82, 2.24) is 0 Å². The molecule has 0 radical (unpaired) electrons. The lowest BCUT2D eigenvalue weighted by atomic mass is 9.83. The molecule has 2 N–H and O–H groups in total. The monoisotopic (exact) mass is 494 g/mol. The topological polar surface area (TPSA) is 86.7 Å². The van der Waals surface area contributed by atoms with Gasteiger partial charge in [-0.1, -0.05) is 28.1 Å². The van der Waals surface area contributed by atoms with Crippen molar-refractivity contribution < 1.29 is 23.3 Å². The normalized spacial score (nSPS) is 16.2. The molecule has 6 nitrogen and oxygen atoms in total. The Hall–Kier alpha value is -3.70. The number of nitriles is 1. The third-order valence-electron chi connectivity index (χ3n) is 5.30. The number of hydrogen-bond donors (Lipinski definition) is 1. The standard InChI is InChI=1S/C24H16BrFN2O4/c25-14-3-6-19(29-11-13-1-4-15(26)5-2-13)16(7-14)23-17-8-21-22(31-12-30-21)9-20(17)32-24(28)18(23)10-27/h1-9,23H,11-12,28H2/t23-/m1/s1. The van der Waals surface area contributed by atoms with E-state index in [2.05, 4.69) is 22.0 Å². The Morgan fingerprint density at radius 2 is 1.78 bits per heavy atom. The largest absolute Gasteiger partial charge is 0.489 e. The predicted molar refractivity (Wildman–Crippen MR) is 117 cm³/mol. The summed E-state index contributed by atoms with van der Waals surface area (Å²) in [6.07, 6.45) is 0. The van der Waals surface area contributed by atoms with Crippen LogP contribution < -0.4 is 24.7 Å². The van der Waals surface area contributed by atoms with Crippen LogP contribution in [-0.4, -0.2) is 6.79 Å². The lowest BCUT2D eigenvalue weighted by Gasteiger charge is -2.28. The zero-order valence-electron chi connectivity index (χ0n) is 16.6. The Morgan fingerprint density at radius 3 is 2.53 bits per heavy atom. The van der Waals surface area contributed by atoms with Crippen molar-refractivity contribution >= 4 is 15.9 Å². The third-order valence-corrected chi connectivity index (χ3v) is 5.79. The maximum Gasteiger partial charge on any atom is 0.231 e. The van der Waals surface area contributed by atoms with E-state index in [1.807, 2.05) is 18.2 Å². The average Bonchev–Trinajstić information content (AvgIpc) is 3.24. The number of benzene rings is 3. The first-order chi connectivity index (χ1) is 15.5. The second-order valence-corrected chi connectivity index (χ2v) is 8.18. The molecular weight excluding hydrogens is 479 g/mol. The van der Waals surface area contributed by atoms with Crippen LogP contribution in [0, 0.1) is 17.1 Å². The van der Waals surface area contributed by atoms with Gasteiger partial charge in [0.2, 0.25) is 12.7 Å². The number of ether oxygens (including phenoxy) is 4. The van der Waals surface area contributed by atoms with Crippen molar-refractivity contribution in [2.75, 3.05) is 6.79 Å². The highest BCUT2D eigenvalue weighted by Gasteiger charge is 2.35. The van der Waals surface area contributed by atoms with Gasteiger partial charge >= 0.3 is 0 Å². The minimum absolute atomic E-state index is 0.0216. The molecule has 0 aliphatic carbocycles. The molecule has 8 heteroatoms. The molecule has 0 fully saturated rings. The van der Waals surface area contributed by atoms with Crippen LogP contribution in [0.3, 0.4) is 0 Å². The van der Waals surface area contributed by atoms with Gasteiger partial charge in [-0.2, -0.15) is 5.26 Å². The lowest BCUT2D eigenvalue weighted by Crippen LogP contribution is -2.21. The first kappa shape index (κ1) is 20.2. The molecule has 3 aromatic carbocycles. The summed E-state index contributed by atoms with van der Waals surface area (Å²) in [6.45, 7) is 0.340. The smallest absolute Gasteiger partial charge is 0.231 e. The number of nitrogens with zero attached hydrogens (tertiary/aromatic N) is 1. The highest BCUT2D eigenvalue weighted by Crippen LogP contribution is 2.49. The molecule has 2 aliphatic rings. The molecule has 5 rings (SSSR count). The van der Waals surface area contributed by atoms with Crippen LogP contribution in [0.2, 0.25) is 0 Å². The predicted octanol–water partition coefficient (Wildman–Crippen LogP) is 5.11. The van der Waals surface area contributed by atoms with Crippen LogP contribution in [0.5, 0.6) is 23.0 Å². The van der Waals surface area contributed by atoms with Crippen molar-refractivity contribution in [3.63, 3.8) is 0 Å². The van der Waals surface area contributed by atoms with Crippen LogP contribution in [0.25, 0.3) is 0 Å². The first-order valence-corrected chi connectivity index (χ1v) is 10.5. The Labute approximate surface area is 191 Å². The quantitative estimate of drug-likeness (QED) is 0.541. The van der Waals surface area contributed by atoms with E-state index in [9.17, 15) is 9.65 Å². The van der Waals surface area contributed by atoms with Crippen LogP contribution in [0.4, 0.5) is 4.39 Å². The van der Waals surface area contributed by atoms with Crippen LogP contribution in [-0.2, 0) is 6.61 Å². The average molecular weight is 495 g/mol. The second kappa shape index (κ2) is 8.09. The van der Waals surface area contributed by atoms with Gasteiger partial charge in [0.1, 0.15) is 35.6 Å². The number of halogens is 2. The summed E-state index contributed by atoms with van der Waals surface area (Å²) in [5.41, 5.74) is 8.63. The minimum atomic E-state index is -0.543. The molecule has 0 spiro atoms. The van der Waals surface area contributed by atoms with Crippen molar-refractivity contribution in [3.05, 3.63) is 93.0 Å². The highest BCUT2D eigenvalue weighted by atomic mass is 79.9. The number of hydrogen-bond acceptors (Lipinski definition) is 6. The molecule has 160 valence electrons. The number of fused-ring (bicyclic) bond motifs is 2. The van der Waals surface area contributed by atoms with E-state index >= 15 is 0 Å². The minimum Gasteiger partial charge on any atom is -0.489 e. The van der Waals surface area contributed by atoms with Crippen molar-refractivity contribution in [1.29, 1.82) is 5.26 Å². The highest BCUT2D eigenvalue weighted by molar-refractivity contribution is 9.10. The Balaban J connectivity index is 1.59. The van der Waals surface area contributed by atoms with Gasteiger partial charge < -0.3 is 24.7 Å². The molecule has 0 amide bonds. The third kappa shape index (κ3) is 3.61. The van der Waals surface area contributed by atoms with E-state index in [1.165, 1.54) is 12.1 Å². The zero-order valence-corrected chi connectivity index (χ0v) is 18.2. The maximum atomic E-state index is 13.2. The molecule has 3 aromatic rings. The van der Waals surface area contributed by atoms with Gasteiger partial charge in [-0.25, -0.2) is 4.39 Å². The molecule has 0 unspecified atom stereocenters. The van der Waals surface area contributed by atoms with E-state index in [4.69, 9.17) is 24.7 Å². The molecule has 2 heterocycles. The fourth-order valence-electron chi connectivity index (χ4n) is 3.78. The van der Waals surface area contributed by atoms with E-state index < -0.39 is 5.92 Å². The van der Waals surface area contributed by atoms with Gasteiger partial charge in [0.05, 0.1) is 5.92 Å². The fraction of sp³-hybridized carbons (Fsp3) is 0.125. The molecular formula is C24H16BrFN2O4. The molecule has 0 saturated heterocycles. The molecule has 0 aromatic heterocycles. The maximum absolute atomic E-state index is 13.2. The van der Waals surface area contributed by atoms with Gasteiger partial charge in [-0.05, 0) is 42.0 Å². The number of rotatable bonds is 4. The Morgan fingerprint density at radius 1 is 1.03 bits per heavy atom. The van der Waals surface area contributed by atoms with Crippen LogP contribution in [0.15, 0.2) is 70.5 Å². The van der Waals surface area contributed by atoms with Gasteiger partial charge in [0.25, 0.3) is 0 Å². The lowest BCUT2D eigenvalue weighted by molar-refractivity contribution is 0.174. The Kier molecular flexibility index (Phi) is 5.11. The first-order valence-electron chi connectivity index (χ1n) is 9.71. The van der Waals surface area contributed by atoms with Gasteiger partial charge in [-0.3, -0.25) is 0 Å². The van der Waals surface area contributed by atoms with Crippen LogP contribution >= 0.6 is 15.9 Å². The second-order valence-electron chi connectivity index (χ2n) is 7.27. The summed E-state index contributed by atoms with van der Waals surface area (Å²) in [6, 6.07) is 17.3. The molecule has 0 bridgehead atoms. The van der Waals surface area contributed by atoms with E-state index in [0.717, 1.165) is 15.6 Å². The molecule has 1 atom stereocenters. The van der Waals surface area contributed by atoms with E-state index in [-0.39, 0.29) is 30.7 Å². The molecule has 32 heavy (non-hydrogen) atoms.